The van der Waals surface area contributed by atoms with Crippen LogP contribution < -0.4 is 5.32 Å². The van der Waals surface area contributed by atoms with Crippen LogP contribution in [0.15, 0.2) is 66.5 Å². The van der Waals surface area contributed by atoms with Gasteiger partial charge < -0.3 is 10.1 Å². The molecule has 1 aliphatic heterocycles. The predicted molar refractivity (Wildman–Crippen MR) is 98.2 cm³/mol. The molecule has 0 saturated carbocycles. The number of carbonyl (C=O) groups is 1. The highest BCUT2D eigenvalue weighted by atomic mass is 19.1. The molecule has 0 spiro atoms. The smallest absolute Gasteiger partial charge is 0.338 e. The summed E-state index contributed by atoms with van der Waals surface area (Å²) in [5.74, 6) is -0.313. The van der Waals surface area contributed by atoms with Gasteiger partial charge in [0.25, 0.3) is 0 Å². The van der Waals surface area contributed by atoms with Gasteiger partial charge in [0.05, 0.1) is 17.9 Å². The van der Waals surface area contributed by atoms with Crippen molar-refractivity contribution in [2.24, 2.45) is 0 Å². The van der Waals surface area contributed by atoms with Gasteiger partial charge in [-0.05, 0) is 30.2 Å². The van der Waals surface area contributed by atoms with Gasteiger partial charge >= 0.3 is 5.97 Å². The molecule has 1 N–H and O–H groups in total. The number of benzene rings is 2. The summed E-state index contributed by atoms with van der Waals surface area (Å²) in [7, 11) is 0. The van der Waals surface area contributed by atoms with Crippen LogP contribution in [0.5, 0.6) is 0 Å². The Morgan fingerprint density at radius 1 is 1.19 bits per heavy atom. The molecule has 0 saturated heterocycles. The Kier molecular flexibility index (Phi) is 4.42. The molecule has 0 fully saturated rings. The Bertz CT molecular complexity index is 996. The monoisotopic (exact) mass is 364 g/mol. The summed E-state index contributed by atoms with van der Waals surface area (Å²) in [6.45, 7) is 2.00. The SMILES string of the molecule is CCOC(=O)C1=C(c2ccccc2)Nc2ncnn2[C@@H]1c1ccc(F)cc1. The molecule has 136 valence electrons. The van der Waals surface area contributed by atoms with Gasteiger partial charge in [-0.1, -0.05) is 42.5 Å². The van der Waals surface area contributed by atoms with Gasteiger partial charge in [0, 0.05) is 0 Å². The molecule has 2 heterocycles. The fourth-order valence-electron chi connectivity index (χ4n) is 3.17. The van der Waals surface area contributed by atoms with Crippen LogP contribution in [0, 0.1) is 5.82 Å². The Balaban J connectivity index is 1.95. The molecule has 0 bridgehead atoms. The Morgan fingerprint density at radius 2 is 1.93 bits per heavy atom. The molecule has 7 heteroatoms. The van der Waals surface area contributed by atoms with E-state index in [2.05, 4.69) is 15.4 Å². The van der Waals surface area contributed by atoms with Crippen molar-refractivity contribution in [1.29, 1.82) is 0 Å². The molecule has 1 atom stereocenters. The third-order valence-corrected chi connectivity index (χ3v) is 4.34. The van der Waals surface area contributed by atoms with Crippen molar-refractivity contribution in [3.05, 3.63) is 83.4 Å². The first-order valence-electron chi connectivity index (χ1n) is 8.57. The number of carbonyl (C=O) groups excluding carboxylic acids is 1. The zero-order valence-electron chi connectivity index (χ0n) is 14.6. The number of nitrogens with one attached hydrogen (secondary N) is 1. The van der Waals surface area contributed by atoms with Crippen LogP contribution in [0.4, 0.5) is 10.3 Å². The van der Waals surface area contributed by atoms with Crippen LogP contribution in [0.2, 0.25) is 0 Å². The largest absolute Gasteiger partial charge is 0.463 e. The lowest BCUT2D eigenvalue weighted by Crippen LogP contribution is -2.30. The number of nitrogens with zero attached hydrogens (tertiary/aromatic N) is 3. The Labute approximate surface area is 155 Å². The summed E-state index contributed by atoms with van der Waals surface area (Å²) in [6, 6.07) is 14.9. The third kappa shape index (κ3) is 3.08. The molecule has 4 rings (SSSR count). The van der Waals surface area contributed by atoms with Crippen molar-refractivity contribution < 1.29 is 13.9 Å². The van der Waals surface area contributed by atoms with E-state index in [0.717, 1.165) is 5.56 Å². The third-order valence-electron chi connectivity index (χ3n) is 4.34. The Morgan fingerprint density at radius 3 is 2.63 bits per heavy atom. The van der Waals surface area contributed by atoms with Crippen LogP contribution in [-0.2, 0) is 9.53 Å². The standard InChI is InChI=1S/C20H17FN4O2/c1-2-27-19(26)16-17(13-6-4-3-5-7-13)24-20-22-12-23-25(20)18(16)14-8-10-15(21)11-9-14/h3-12,18H,2H2,1H3,(H,22,23,24)/t18-/m1/s1. The lowest BCUT2D eigenvalue weighted by atomic mass is 9.93. The van der Waals surface area contributed by atoms with E-state index in [0.29, 0.717) is 22.8 Å². The van der Waals surface area contributed by atoms with Crippen molar-refractivity contribution in [2.45, 2.75) is 13.0 Å². The van der Waals surface area contributed by atoms with E-state index in [-0.39, 0.29) is 12.4 Å². The van der Waals surface area contributed by atoms with Crippen molar-refractivity contribution >= 4 is 17.6 Å². The number of hydrogen-bond acceptors (Lipinski definition) is 5. The second-order valence-electron chi connectivity index (χ2n) is 5.98. The molecule has 1 aliphatic rings. The fraction of sp³-hybridized carbons (Fsp3) is 0.150. The molecule has 0 aliphatic carbocycles. The molecule has 27 heavy (non-hydrogen) atoms. The highest BCUT2D eigenvalue weighted by molar-refractivity contribution is 6.02. The lowest BCUT2D eigenvalue weighted by Gasteiger charge is -2.29. The lowest BCUT2D eigenvalue weighted by molar-refractivity contribution is -0.138. The number of aromatic nitrogens is 3. The molecule has 0 radical (unpaired) electrons. The number of ether oxygens (including phenoxy) is 1. The number of rotatable bonds is 4. The van der Waals surface area contributed by atoms with E-state index in [4.69, 9.17) is 4.74 Å². The first-order chi connectivity index (χ1) is 13.2. The highest BCUT2D eigenvalue weighted by Gasteiger charge is 2.36. The minimum atomic E-state index is -0.585. The predicted octanol–water partition coefficient (Wildman–Crippen LogP) is 3.41. The molecular formula is C20H17FN4O2. The molecular weight excluding hydrogens is 347 g/mol. The van der Waals surface area contributed by atoms with Gasteiger partial charge in [-0.3, -0.25) is 0 Å². The normalized spacial score (nSPS) is 15.9. The Hall–Kier alpha value is -3.48. The minimum Gasteiger partial charge on any atom is -0.463 e. The van der Waals surface area contributed by atoms with Gasteiger partial charge in [0.15, 0.2) is 0 Å². The highest BCUT2D eigenvalue weighted by Crippen LogP contribution is 2.38. The number of fused-ring (bicyclic) bond motifs is 1. The maximum absolute atomic E-state index is 13.5. The van der Waals surface area contributed by atoms with E-state index < -0.39 is 12.0 Å². The number of halogens is 1. The van der Waals surface area contributed by atoms with Crippen molar-refractivity contribution in [1.82, 2.24) is 14.8 Å². The first-order valence-corrected chi connectivity index (χ1v) is 8.57. The zero-order chi connectivity index (χ0) is 18.8. The molecule has 6 nitrogen and oxygen atoms in total. The molecule has 0 unspecified atom stereocenters. The van der Waals surface area contributed by atoms with Gasteiger partial charge in [0.1, 0.15) is 18.2 Å². The molecule has 1 aromatic heterocycles. The van der Waals surface area contributed by atoms with Crippen molar-refractivity contribution in [3.63, 3.8) is 0 Å². The summed E-state index contributed by atoms with van der Waals surface area (Å²) in [5.41, 5.74) is 2.53. The topological polar surface area (TPSA) is 69.0 Å². The zero-order valence-corrected chi connectivity index (χ0v) is 14.6. The van der Waals surface area contributed by atoms with E-state index in [9.17, 15) is 9.18 Å². The summed E-state index contributed by atoms with van der Waals surface area (Å²) in [4.78, 5) is 17.2. The average Bonchev–Trinajstić information content (AvgIpc) is 3.16. The molecule has 0 amide bonds. The molecule has 2 aromatic carbocycles. The quantitative estimate of drug-likeness (QED) is 0.719. The van der Waals surface area contributed by atoms with Crippen molar-refractivity contribution in [3.8, 4) is 0 Å². The van der Waals surface area contributed by atoms with E-state index >= 15 is 0 Å². The van der Waals surface area contributed by atoms with Crippen molar-refractivity contribution in [2.75, 3.05) is 11.9 Å². The summed E-state index contributed by atoms with van der Waals surface area (Å²) in [5, 5.41) is 7.45. The van der Waals surface area contributed by atoms with Crippen LogP contribution in [0.1, 0.15) is 24.1 Å². The van der Waals surface area contributed by atoms with Gasteiger partial charge in [0.2, 0.25) is 5.95 Å². The average molecular weight is 364 g/mol. The van der Waals surface area contributed by atoms with E-state index in [1.165, 1.54) is 18.5 Å². The maximum Gasteiger partial charge on any atom is 0.338 e. The van der Waals surface area contributed by atoms with Gasteiger partial charge in [-0.15, -0.1) is 0 Å². The van der Waals surface area contributed by atoms with Gasteiger partial charge in [-0.2, -0.15) is 10.1 Å². The number of hydrogen-bond donors (Lipinski definition) is 1. The maximum atomic E-state index is 13.5. The number of esters is 1. The minimum absolute atomic E-state index is 0.241. The van der Waals surface area contributed by atoms with E-state index in [1.54, 1.807) is 23.7 Å². The summed E-state index contributed by atoms with van der Waals surface area (Å²) in [6.07, 6.45) is 1.41. The van der Waals surface area contributed by atoms with Gasteiger partial charge in [-0.25, -0.2) is 13.9 Å². The van der Waals surface area contributed by atoms with Crippen LogP contribution >= 0.6 is 0 Å². The summed E-state index contributed by atoms with van der Waals surface area (Å²) < 4.78 is 20.4. The summed E-state index contributed by atoms with van der Waals surface area (Å²) >= 11 is 0. The second-order valence-corrected chi connectivity index (χ2v) is 5.98. The first kappa shape index (κ1) is 17.0. The van der Waals surface area contributed by atoms with Crippen LogP contribution in [0.3, 0.4) is 0 Å². The van der Waals surface area contributed by atoms with Crippen LogP contribution in [-0.4, -0.2) is 27.3 Å². The number of anilines is 1. The van der Waals surface area contributed by atoms with Crippen LogP contribution in [0.25, 0.3) is 5.70 Å². The fourth-order valence-corrected chi connectivity index (χ4v) is 3.17. The molecule has 3 aromatic rings. The second kappa shape index (κ2) is 7.03. The van der Waals surface area contributed by atoms with E-state index in [1.807, 2.05) is 30.3 Å².